The molecule has 0 aromatic heterocycles. The molecule has 2 aromatic rings. The van der Waals surface area contributed by atoms with Crippen molar-refractivity contribution in [2.24, 2.45) is 5.92 Å². The van der Waals surface area contributed by atoms with Gasteiger partial charge in [0.1, 0.15) is 23.1 Å². The molecule has 156 valence electrons. The Hall–Kier alpha value is -2.22. The van der Waals surface area contributed by atoms with Crippen LogP contribution in [0.2, 0.25) is 0 Å². The molecule has 7 heteroatoms. The van der Waals surface area contributed by atoms with Crippen LogP contribution in [0, 0.1) is 17.6 Å². The van der Waals surface area contributed by atoms with Crippen molar-refractivity contribution in [2.75, 3.05) is 26.7 Å². The van der Waals surface area contributed by atoms with Gasteiger partial charge < -0.3 is 9.84 Å². The molecule has 4 rings (SSSR count). The van der Waals surface area contributed by atoms with E-state index in [0.717, 1.165) is 37.6 Å². The number of ether oxygens (including phenoxy) is 1. The first-order chi connectivity index (χ1) is 14.1. The van der Waals surface area contributed by atoms with Crippen LogP contribution < -0.4 is 15.6 Å². The third-order valence-corrected chi connectivity index (χ3v) is 6.15. The van der Waals surface area contributed by atoms with Crippen molar-refractivity contribution in [3.8, 4) is 11.5 Å². The van der Waals surface area contributed by atoms with Gasteiger partial charge in [0.25, 0.3) is 0 Å². The van der Waals surface area contributed by atoms with E-state index in [4.69, 9.17) is 4.74 Å². The van der Waals surface area contributed by atoms with E-state index in [9.17, 15) is 13.9 Å². The molecule has 2 aliphatic heterocycles. The van der Waals surface area contributed by atoms with Crippen molar-refractivity contribution < 1.29 is 18.6 Å². The highest BCUT2D eigenvalue weighted by atomic mass is 19.1. The number of nitrogens with zero attached hydrogens (tertiary/aromatic N) is 1. The second-order valence-electron chi connectivity index (χ2n) is 7.92. The number of aromatic hydroxyl groups is 1. The number of halogens is 2. The van der Waals surface area contributed by atoms with E-state index in [2.05, 4.69) is 15.8 Å². The molecule has 3 N–H and O–H groups in total. The Morgan fingerprint density at radius 2 is 2.10 bits per heavy atom. The number of benzene rings is 2. The molecule has 2 saturated heterocycles. The summed E-state index contributed by atoms with van der Waals surface area (Å²) in [6.07, 6.45) is 2.06. The number of nitrogens with one attached hydrogen (secondary N) is 2. The Morgan fingerprint density at radius 3 is 2.90 bits per heavy atom. The number of hydrogen-bond acceptors (Lipinski definition) is 5. The fraction of sp³-hybridized carbons (Fsp3) is 0.455. The summed E-state index contributed by atoms with van der Waals surface area (Å²) in [5.41, 5.74) is 7.82. The number of piperidine rings is 1. The molecule has 2 fully saturated rings. The van der Waals surface area contributed by atoms with Crippen molar-refractivity contribution in [3.63, 3.8) is 0 Å². The lowest BCUT2D eigenvalue weighted by Gasteiger charge is -2.37. The number of phenolic OH excluding ortho intramolecular Hbond substituents is 1. The third kappa shape index (κ3) is 4.22. The van der Waals surface area contributed by atoms with Crippen molar-refractivity contribution in [1.82, 2.24) is 15.8 Å². The highest BCUT2D eigenvalue weighted by Crippen LogP contribution is 2.35. The monoisotopic (exact) mass is 403 g/mol. The molecule has 2 aromatic carbocycles. The Balaban J connectivity index is 1.49. The van der Waals surface area contributed by atoms with Gasteiger partial charge in [0.15, 0.2) is 0 Å². The first-order valence-electron chi connectivity index (χ1n) is 10.1. The largest absolute Gasteiger partial charge is 0.507 e. The summed E-state index contributed by atoms with van der Waals surface area (Å²) >= 11 is 0. The molecule has 0 spiro atoms. The molecule has 3 unspecified atom stereocenters. The van der Waals surface area contributed by atoms with Crippen LogP contribution in [0.5, 0.6) is 11.5 Å². The van der Waals surface area contributed by atoms with Crippen LogP contribution in [0.4, 0.5) is 8.78 Å². The fourth-order valence-corrected chi connectivity index (χ4v) is 4.72. The van der Waals surface area contributed by atoms with Gasteiger partial charge in [-0.05, 0) is 49.1 Å². The topological polar surface area (TPSA) is 56.8 Å². The van der Waals surface area contributed by atoms with Gasteiger partial charge in [-0.2, -0.15) is 0 Å². The Bertz CT molecular complexity index is 864. The molecule has 2 aliphatic rings. The average molecular weight is 403 g/mol. The first-order valence-corrected chi connectivity index (χ1v) is 10.1. The van der Waals surface area contributed by atoms with E-state index < -0.39 is 11.6 Å². The van der Waals surface area contributed by atoms with Gasteiger partial charge in [0.2, 0.25) is 0 Å². The zero-order chi connectivity index (χ0) is 20.4. The lowest BCUT2D eigenvalue weighted by atomic mass is 9.81. The van der Waals surface area contributed by atoms with Crippen molar-refractivity contribution in [1.29, 1.82) is 0 Å². The van der Waals surface area contributed by atoms with Crippen LogP contribution in [-0.2, 0) is 6.54 Å². The minimum atomic E-state index is -0.554. The second-order valence-corrected chi connectivity index (χ2v) is 7.92. The summed E-state index contributed by atoms with van der Waals surface area (Å²) in [5, 5.41) is 10.3. The van der Waals surface area contributed by atoms with E-state index >= 15 is 0 Å². The van der Waals surface area contributed by atoms with E-state index in [1.54, 1.807) is 25.3 Å². The Kier molecular flexibility index (Phi) is 5.99. The van der Waals surface area contributed by atoms with Gasteiger partial charge >= 0.3 is 0 Å². The second kappa shape index (κ2) is 8.65. The van der Waals surface area contributed by atoms with Gasteiger partial charge in [-0.3, -0.25) is 15.8 Å². The fourth-order valence-electron chi connectivity index (χ4n) is 4.72. The number of hydrogen-bond donors (Lipinski definition) is 3. The van der Waals surface area contributed by atoms with E-state index in [0.29, 0.717) is 30.3 Å². The predicted octanol–water partition coefficient (Wildman–Crippen LogP) is 3.15. The number of hydrazine groups is 1. The number of rotatable bonds is 5. The highest BCUT2D eigenvalue weighted by molar-refractivity contribution is 5.43. The molecule has 3 atom stereocenters. The van der Waals surface area contributed by atoms with Crippen molar-refractivity contribution >= 4 is 0 Å². The predicted molar refractivity (Wildman–Crippen MR) is 107 cm³/mol. The van der Waals surface area contributed by atoms with Crippen LogP contribution in [0.15, 0.2) is 36.4 Å². The zero-order valence-electron chi connectivity index (χ0n) is 16.5. The van der Waals surface area contributed by atoms with Crippen LogP contribution in [0.25, 0.3) is 0 Å². The van der Waals surface area contributed by atoms with Crippen molar-refractivity contribution in [3.05, 3.63) is 59.2 Å². The Morgan fingerprint density at radius 1 is 1.24 bits per heavy atom. The van der Waals surface area contributed by atoms with Gasteiger partial charge in [0, 0.05) is 43.2 Å². The maximum Gasteiger partial charge on any atom is 0.129 e. The number of phenols is 1. The maximum atomic E-state index is 14.4. The molecule has 0 saturated carbocycles. The van der Waals surface area contributed by atoms with Crippen LogP contribution in [-0.4, -0.2) is 42.8 Å². The summed E-state index contributed by atoms with van der Waals surface area (Å²) in [7, 11) is 1.60. The summed E-state index contributed by atoms with van der Waals surface area (Å²) in [6.45, 7) is 2.97. The van der Waals surface area contributed by atoms with Crippen LogP contribution in [0.3, 0.4) is 0 Å². The molecular formula is C22H27F2N3O2. The standard InChI is InChI=1S/C22H27F2N3O2/c1-29-21-6-2-5-20(28)18(21)13-27-9-3-4-14(12-27)22-17(11-25-26-22)16-8-7-15(23)10-19(16)24/h2,5-8,10,14,17,22,25-26,28H,3-4,9,11-13H2,1H3. The first kappa shape index (κ1) is 20.1. The molecule has 0 bridgehead atoms. The minimum Gasteiger partial charge on any atom is -0.507 e. The smallest absolute Gasteiger partial charge is 0.129 e. The minimum absolute atomic E-state index is 0.0554. The van der Waals surface area contributed by atoms with Gasteiger partial charge in [0.05, 0.1) is 7.11 Å². The molecule has 0 radical (unpaired) electrons. The van der Waals surface area contributed by atoms with Crippen LogP contribution >= 0.6 is 0 Å². The van der Waals surface area contributed by atoms with Gasteiger partial charge in [-0.15, -0.1) is 0 Å². The molecule has 2 heterocycles. The van der Waals surface area contributed by atoms with E-state index in [1.165, 1.54) is 6.07 Å². The summed E-state index contributed by atoms with van der Waals surface area (Å²) in [4.78, 5) is 2.31. The zero-order valence-corrected chi connectivity index (χ0v) is 16.5. The molecular weight excluding hydrogens is 376 g/mol. The van der Waals surface area contributed by atoms with Crippen LogP contribution in [0.1, 0.15) is 29.9 Å². The molecule has 0 amide bonds. The summed E-state index contributed by atoms with van der Waals surface area (Å²) < 4.78 is 33.1. The molecule has 29 heavy (non-hydrogen) atoms. The SMILES string of the molecule is COc1cccc(O)c1CN1CCCC(C2NNCC2c2ccc(F)cc2F)C1. The lowest BCUT2D eigenvalue weighted by Crippen LogP contribution is -2.46. The Labute approximate surface area is 169 Å². The number of likely N-dealkylation sites (tertiary alicyclic amines) is 1. The molecule has 0 aliphatic carbocycles. The lowest BCUT2D eigenvalue weighted by molar-refractivity contribution is 0.137. The maximum absolute atomic E-state index is 14.4. The summed E-state index contributed by atoms with van der Waals surface area (Å²) in [5.74, 6) is 0.127. The highest BCUT2D eigenvalue weighted by Gasteiger charge is 2.38. The average Bonchev–Trinajstić information content (AvgIpc) is 3.19. The normalized spacial score (nSPS) is 25.3. The van der Waals surface area contributed by atoms with E-state index in [1.807, 2.05) is 6.07 Å². The number of methoxy groups -OCH3 is 1. The molecule has 5 nitrogen and oxygen atoms in total. The van der Waals surface area contributed by atoms with Crippen molar-refractivity contribution in [2.45, 2.75) is 31.3 Å². The third-order valence-electron chi connectivity index (χ3n) is 6.15. The summed E-state index contributed by atoms with van der Waals surface area (Å²) in [6, 6.07) is 9.20. The quantitative estimate of drug-likeness (QED) is 0.716. The van der Waals surface area contributed by atoms with E-state index in [-0.39, 0.29) is 17.7 Å². The van der Waals surface area contributed by atoms with Gasteiger partial charge in [-0.25, -0.2) is 8.78 Å². The van der Waals surface area contributed by atoms with Gasteiger partial charge in [-0.1, -0.05) is 12.1 Å².